The molecule has 0 aliphatic carbocycles. The van der Waals surface area contributed by atoms with Crippen molar-refractivity contribution < 1.29 is 0 Å². The van der Waals surface area contributed by atoms with Gasteiger partial charge in [0.15, 0.2) is 0 Å². The summed E-state index contributed by atoms with van der Waals surface area (Å²) in [6, 6.07) is 6.24. The number of nitrogens with two attached hydrogens (primary N) is 1. The van der Waals surface area contributed by atoms with E-state index in [1.54, 1.807) is 0 Å². The standard InChI is InChI=1S/C13H17N/c1-3-6-13-11(4-2)7-5-8-12(13)9-10-14/h3-8H,2,9-10,14H2,1H3/b6-3-. The molecule has 0 aliphatic heterocycles. The highest BCUT2D eigenvalue weighted by atomic mass is 14.5. The van der Waals surface area contributed by atoms with E-state index in [1.807, 2.05) is 19.1 Å². The first-order valence-electron chi connectivity index (χ1n) is 4.90. The smallest absolute Gasteiger partial charge is 0.00365 e. The third-order valence-corrected chi connectivity index (χ3v) is 2.20. The van der Waals surface area contributed by atoms with Crippen LogP contribution in [-0.4, -0.2) is 6.54 Å². The Hall–Kier alpha value is -1.34. The van der Waals surface area contributed by atoms with Crippen molar-refractivity contribution >= 4 is 12.2 Å². The fourth-order valence-electron chi connectivity index (χ4n) is 1.55. The zero-order chi connectivity index (χ0) is 10.4. The Morgan fingerprint density at radius 3 is 2.79 bits per heavy atom. The van der Waals surface area contributed by atoms with Crippen molar-refractivity contribution in [1.82, 2.24) is 0 Å². The SMILES string of the molecule is C=Cc1cccc(CCN)c1/C=C\C. The summed E-state index contributed by atoms with van der Waals surface area (Å²) < 4.78 is 0. The Kier molecular flexibility index (Phi) is 4.14. The van der Waals surface area contributed by atoms with Crippen LogP contribution in [-0.2, 0) is 6.42 Å². The monoisotopic (exact) mass is 187 g/mol. The Bertz CT molecular complexity index is 337. The van der Waals surface area contributed by atoms with Crippen molar-refractivity contribution in [3.8, 4) is 0 Å². The molecule has 0 heterocycles. The van der Waals surface area contributed by atoms with Crippen molar-refractivity contribution in [2.24, 2.45) is 5.73 Å². The molecule has 0 aromatic heterocycles. The summed E-state index contributed by atoms with van der Waals surface area (Å²) in [6.07, 6.45) is 6.96. The maximum atomic E-state index is 5.57. The van der Waals surface area contributed by atoms with Gasteiger partial charge in [-0.15, -0.1) is 0 Å². The molecule has 0 atom stereocenters. The molecule has 1 heteroatoms. The molecule has 0 spiro atoms. The summed E-state index contributed by atoms with van der Waals surface area (Å²) in [5.41, 5.74) is 9.28. The second-order valence-electron chi connectivity index (χ2n) is 3.16. The van der Waals surface area contributed by atoms with Crippen LogP contribution < -0.4 is 5.73 Å². The summed E-state index contributed by atoms with van der Waals surface area (Å²) >= 11 is 0. The number of hydrogen-bond acceptors (Lipinski definition) is 1. The molecule has 74 valence electrons. The predicted molar refractivity (Wildman–Crippen MR) is 64.0 cm³/mol. The summed E-state index contributed by atoms with van der Waals surface area (Å²) in [5, 5.41) is 0. The van der Waals surface area contributed by atoms with E-state index < -0.39 is 0 Å². The van der Waals surface area contributed by atoms with Gasteiger partial charge in [0.2, 0.25) is 0 Å². The van der Waals surface area contributed by atoms with Gasteiger partial charge in [-0.05, 0) is 36.6 Å². The fraction of sp³-hybridized carbons (Fsp3) is 0.231. The van der Waals surface area contributed by atoms with Crippen LogP contribution in [0.4, 0.5) is 0 Å². The predicted octanol–water partition coefficient (Wildman–Crippen LogP) is 2.86. The van der Waals surface area contributed by atoms with Crippen molar-refractivity contribution in [3.63, 3.8) is 0 Å². The summed E-state index contributed by atoms with van der Waals surface area (Å²) in [6.45, 7) is 6.52. The van der Waals surface area contributed by atoms with Gasteiger partial charge in [0.25, 0.3) is 0 Å². The zero-order valence-corrected chi connectivity index (χ0v) is 8.66. The van der Waals surface area contributed by atoms with Gasteiger partial charge < -0.3 is 5.73 Å². The third kappa shape index (κ3) is 2.33. The van der Waals surface area contributed by atoms with Crippen molar-refractivity contribution in [2.45, 2.75) is 13.3 Å². The number of benzene rings is 1. The van der Waals surface area contributed by atoms with Gasteiger partial charge in [-0.2, -0.15) is 0 Å². The van der Waals surface area contributed by atoms with Gasteiger partial charge in [-0.25, -0.2) is 0 Å². The Balaban J connectivity index is 3.20. The Morgan fingerprint density at radius 2 is 2.21 bits per heavy atom. The van der Waals surface area contributed by atoms with Gasteiger partial charge in [-0.1, -0.05) is 43.0 Å². The molecule has 1 rings (SSSR count). The maximum absolute atomic E-state index is 5.57. The minimum absolute atomic E-state index is 0.686. The lowest BCUT2D eigenvalue weighted by Gasteiger charge is -2.08. The van der Waals surface area contributed by atoms with Crippen LogP contribution >= 0.6 is 0 Å². The van der Waals surface area contributed by atoms with Crippen molar-refractivity contribution in [1.29, 1.82) is 0 Å². The average molecular weight is 187 g/mol. The highest BCUT2D eigenvalue weighted by Gasteiger charge is 2.01. The van der Waals surface area contributed by atoms with Crippen LogP contribution in [0.15, 0.2) is 30.9 Å². The van der Waals surface area contributed by atoms with Gasteiger partial charge in [0.05, 0.1) is 0 Å². The van der Waals surface area contributed by atoms with Crippen LogP contribution in [0.5, 0.6) is 0 Å². The largest absolute Gasteiger partial charge is 0.330 e. The Morgan fingerprint density at radius 1 is 1.43 bits per heavy atom. The third-order valence-electron chi connectivity index (χ3n) is 2.20. The molecule has 1 aromatic carbocycles. The molecule has 0 fully saturated rings. The number of hydrogen-bond donors (Lipinski definition) is 1. The average Bonchev–Trinajstić information content (AvgIpc) is 2.21. The van der Waals surface area contributed by atoms with E-state index >= 15 is 0 Å². The molecule has 0 radical (unpaired) electrons. The van der Waals surface area contributed by atoms with Crippen LogP contribution in [0.25, 0.3) is 12.2 Å². The van der Waals surface area contributed by atoms with E-state index in [9.17, 15) is 0 Å². The summed E-state index contributed by atoms with van der Waals surface area (Å²) in [5.74, 6) is 0. The highest BCUT2D eigenvalue weighted by Crippen LogP contribution is 2.18. The summed E-state index contributed by atoms with van der Waals surface area (Å²) in [4.78, 5) is 0. The van der Waals surface area contributed by atoms with Gasteiger partial charge in [-0.3, -0.25) is 0 Å². The molecular formula is C13H17N. The fourth-order valence-corrected chi connectivity index (χ4v) is 1.55. The van der Waals surface area contributed by atoms with Gasteiger partial charge >= 0.3 is 0 Å². The maximum Gasteiger partial charge on any atom is -0.00365 e. The second kappa shape index (κ2) is 5.40. The molecule has 2 N–H and O–H groups in total. The topological polar surface area (TPSA) is 26.0 Å². The lowest BCUT2D eigenvalue weighted by Crippen LogP contribution is -2.04. The lowest BCUT2D eigenvalue weighted by atomic mass is 9.98. The molecule has 0 saturated carbocycles. The summed E-state index contributed by atoms with van der Waals surface area (Å²) in [7, 11) is 0. The molecule has 0 unspecified atom stereocenters. The van der Waals surface area contributed by atoms with E-state index in [4.69, 9.17) is 5.73 Å². The van der Waals surface area contributed by atoms with Crippen LogP contribution in [0, 0.1) is 0 Å². The molecule has 0 bridgehead atoms. The zero-order valence-electron chi connectivity index (χ0n) is 8.66. The quantitative estimate of drug-likeness (QED) is 0.770. The van der Waals surface area contributed by atoms with E-state index in [0.717, 1.165) is 6.42 Å². The first-order valence-corrected chi connectivity index (χ1v) is 4.90. The van der Waals surface area contributed by atoms with E-state index in [0.29, 0.717) is 6.54 Å². The van der Waals surface area contributed by atoms with E-state index in [2.05, 4.69) is 30.9 Å². The minimum atomic E-state index is 0.686. The van der Waals surface area contributed by atoms with Gasteiger partial charge in [0.1, 0.15) is 0 Å². The Labute approximate surface area is 85.9 Å². The normalized spacial score (nSPS) is 10.7. The van der Waals surface area contributed by atoms with Crippen LogP contribution in [0.1, 0.15) is 23.6 Å². The molecule has 0 amide bonds. The molecule has 0 aliphatic rings. The first-order chi connectivity index (χ1) is 6.83. The van der Waals surface area contributed by atoms with Crippen LogP contribution in [0.3, 0.4) is 0 Å². The van der Waals surface area contributed by atoms with E-state index in [-0.39, 0.29) is 0 Å². The lowest BCUT2D eigenvalue weighted by molar-refractivity contribution is 0.965. The molecule has 0 saturated heterocycles. The molecule has 1 nitrogen and oxygen atoms in total. The van der Waals surface area contributed by atoms with Crippen molar-refractivity contribution in [2.75, 3.05) is 6.54 Å². The minimum Gasteiger partial charge on any atom is -0.330 e. The highest BCUT2D eigenvalue weighted by molar-refractivity contribution is 5.67. The van der Waals surface area contributed by atoms with E-state index in [1.165, 1.54) is 16.7 Å². The van der Waals surface area contributed by atoms with Gasteiger partial charge in [0, 0.05) is 0 Å². The molecular weight excluding hydrogens is 170 g/mol. The second-order valence-corrected chi connectivity index (χ2v) is 3.16. The van der Waals surface area contributed by atoms with Crippen molar-refractivity contribution in [3.05, 3.63) is 47.5 Å². The number of allylic oxidation sites excluding steroid dienone is 1. The van der Waals surface area contributed by atoms with Crippen LogP contribution in [0.2, 0.25) is 0 Å². The first kappa shape index (κ1) is 10.7. The molecule has 1 aromatic rings. The molecule has 14 heavy (non-hydrogen) atoms. The number of rotatable bonds is 4.